The molecule has 0 atom stereocenters. The number of nitrogens with one attached hydrogen (secondary N) is 1. The van der Waals surface area contributed by atoms with Gasteiger partial charge in [0.05, 0.1) is 28.0 Å². The van der Waals surface area contributed by atoms with Crippen molar-refractivity contribution in [3.8, 4) is 0 Å². The molecule has 6 nitrogen and oxygen atoms in total. The highest BCUT2D eigenvalue weighted by Gasteiger charge is 2.18. The van der Waals surface area contributed by atoms with E-state index in [9.17, 15) is 18.4 Å². The highest BCUT2D eigenvalue weighted by molar-refractivity contribution is 7.00. The molecule has 0 radical (unpaired) electrons. The highest BCUT2D eigenvalue weighted by atomic mass is 35.5. The first kappa shape index (κ1) is 17.2. The van der Waals surface area contributed by atoms with Crippen molar-refractivity contribution in [1.29, 1.82) is 0 Å². The molecule has 3 aromatic rings. The van der Waals surface area contributed by atoms with E-state index in [-0.39, 0.29) is 10.6 Å². The average molecular weight is 384 g/mol. The number of esters is 1. The number of anilines is 1. The van der Waals surface area contributed by atoms with E-state index in [0.717, 1.165) is 11.7 Å². The quantitative estimate of drug-likeness (QED) is 0.551. The van der Waals surface area contributed by atoms with Crippen molar-refractivity contribution < 1.29 is 23.1 Å². The van der Waals surface area contributed by atoms with Crippen LogP contribution >= 0.6 is 23.3 Å². The van der Waals surface area contributed by atoms with E-state index in [1.165, 1.54) is 0 Å². The minimum absolute atomic E-state index is 0.317. The fourth-order valence-electron chi connectivity index (χ4n) is 1.98. The Labute approximate surface area is 148 Å². The van der Waals surface area contributed by atoms with Crippen LogP contribution in [-0.4, -0.2) is 27.2 Å². The molecule has 0 unspecified atom stereocenters. The summed E-state index contributed by atoms with van der Waals surface area (Å²) in [5.74, 6) is -4.12. The van der Waals surface area contributed by atoms with Crippen molar-refractivity contribution in [3.05, 3.63) is 52.6 Å². The van der Waals surface area contributed by atoms with Crippen molar-refractivity contribution in [2.24, 2.45) is 0 Å². The van der Waals surface area contributed by atoms with Gasteiger partial charge >= 0.3 is 5.97 Å². The van der Waals surface area contributed by atoms with Crippen LogP contribution in [0.3, 0.4) is 0 Å². The molecule has 2 aromatic carbocycles. The van der Waals surface area contributed by atoms with Crippen LogP contribution in [0.15, 0.2) is 30.3 Å². The molecule has 0 aliphatic heterocycles. The third-order valence-corrected chi connectivity index (χ3v) is 3.98. The number of benzene rings is 2. The van der Waals surface area contributed by atoms with Gasteiger partial charge in [0.15, 0.2) is 18.2 Å². The Morgan fingerprint density at radius 1 is 1.20 bits per heavy atom. The second kappa shape index (κ2) is 7.08. The first-order valence-corrected chi connectivity index (χ1v) is 7.89. The largest absolute Gasteiger partial charge is 0.452 e. The smallest absolute Gasteiger partial charge is 0.340 e. The summed E-state index contributed by atoms with van der Waals surface area (Å²) in [6, 6.07) is 6.31. The second-order valence-corrected chi connectivity index (χ2v) is 5.74. The van der Waals surface area contributed by atoms with E-state index < -0.39 is 30.1 Å². The Hall–Kier alpha value is -2.65. The topological polar surface area (TPSA) is 81.2 Å². The predicted octanol–water partition coefficient (Wildman–Crippen LogP) is 3.42. The molecule has 0 fully saturated rings. The molecule has 0 bridgehead atoms. The summed E-state index contributed by atoms with van der Waals surface area (Å²) in [4.78, 5) is 23.8. The van der Waals surface area contributed by atoms with Crippen LogP contribution < -0.4 is 5.32 Å². The van der Waals surface area contributed by atoms with Gasteiger partial charge in [-0.25, -0.2) is 13.6 Å². The zero-order valence-corrected chi connectivity index (χ0v) is 13.8. The van der Waals surface area contributed by atoms with E-state index in [4.69, 9.17) is 16.3 Å². The molecule has 0 spiro atoms. The summed E-state index contributed by atoms with van der Waals surface area (Å²) in [5, 5.41) is 2.22. The van der Waals surface area contributed by atoms with Crippen LogP contribution in [0.5, 0.6) is 0 Å². The van der Waals surface area contributed by atoms with E-state index in [1.54, 1.807) is 18.2 Å². The van der Waals surface area contributed by atoms with Gasteiger partial charge in [-0.05, 0) is 24.3 Å². The van der Waals surface area contributed by atoms with Gasteiger partial charge in [0.2, 0.25) is 0 Å². The predicted molar refractivity (Wildman–Crippen MR) is 87.7 cm³/mol. The Bertz CT molecular complexity index is 980. The number of hydrogen-bond donors (Lipinski definition) is 1. The number of halogens is 3. The molecule has 3 rings (SSSR count). The lowest BCUT2D eigenvalue weighted by Crippen LogP contribution is -2.21. The number of fused-ring (bicyclic) bond motifs is 1. The van der Waals surface area contributed by atoms with Crippen LogP contribution in [0.2, 0.25) is 5.02 Å². The van der Waals surface area contributed by atoms with Crippen molar-refractivity contribution >= 4 is 51.9 Å². The maximum absolute atomic E-state index is 13.2. The average Bonchev–Trinajstić information content (AvgIpc) is 3.06. The molecular weight excluding hydrogens is 376 g/mol. The fraction of sp³-hybridized carbons (Fsp3) is 0.0667. The number of amides is 1. The summed E-state index contributed by atoms with van der Waals surface area (Å²) in [5.41, 5.74) is 1.17. The van der Waals surface area contributed by atoms with E-state index in [2.05, 4.69) is 14.1 Å². The first-order valence-electron chi connectivity index (χ1n) is 6.78. The fourth-order valence-corrected chi connectivity index (χ4v) is 2.76. The molecule has 0 aliphatic rings. The van der Waals surface area contributed by atoms with E-state index >= 15 is 0 Å². The third kappa shape index (κ3) is 3.72. The Balaban J connectivity index is 1.65. The van der Waals surface area contributed by atoms with Crippen LogP contribution in [0.1, 0.15) is 10.4 Å². The van der Waals surface area contributed by atoms with Gasteiger partial charge in [0, 0.05) is 0 Å². The lowest BCUT2D eigenvalue weighted by molar-refractivity contribution is -0.119. The Morgan fingerprint density at radius 2 is 1.96 bits per heavy atom. The summed E-state index contributed by atoms with van der Waals surface area (Å²) in [6.45, 7) is -0.637. The number of carbonyl (C=O) groups is 2. The maximum Gasteiger partial charge on any atom is 0.340 e. The van der Waals surface area contributed by atoms with Crippen LogP contribution in [0.25, 0.3) is 11.0 Å². The molecule has 0 aliphatic carbocycles. The summed E-state index contributed by atoms with van der Waals surface area (Å²) < 4.78 is 39.1. The number of nitrogens with zero attached hydrogens (tertiary/aromatic N) is 2. The molecule has 10 heteroatoms. The molecule has 25 heavy (non-hydrogen) atoms. The molecule has 1 heterocycles. The van der Waals surface area contributed by atoms with Gasteiger partial charge in [-0.3, -0.25) is 4.79 Å². The first-order chi connectivity index (χ1) is 12.0. The molecule has 1 amide bonds. The van der Waals surface area contributed by atoms with Crippen LogP contribution in [-0.2, 0) is 9.53 Å². The Kier molecular flexibility index (Phi) is 4.86. The zero-order valence-electron chi connectivity index (χ0n) is 12.3. The molecule has 0 saturated carbocycles. The Morgan fingerprint density at radius 3 is 2.76 bits per heavy atom. The highest BCUT2D eigenvalue weighted by Crippen LogP contribution is 2.22. The second-order valence-electron chi connectivity index (χ2n) is 4.81. The summed E-state index contributed by atoms with van der Waals surface area (Å²) in [7, 11) is 0. The van der Waals surface area contributed by atoms with Gasteiger partial charge in [0.1, 0.15) is 11.0 Å². The number of carbonyl (C=O) groups excluding carboxylic acids is 2. The zero-order chi connectivity index (χ0) is 18.0. The van der Waals surface area contributed by atoms with Gasteiger partial charge in [-0.2, -0.15) is 8.75 Å². The SMILES string of the molecule is O=C(COC(=O)c1cc(F)c(F)cc1Cl)Nc1cccc2nsnc12. The van der Waals surface area contributed by atoms with Gasteiger partial charge < -0.3 is 10.1 Å². The number of aromatic nitrogens is 2. The van der Waals surface area contributed by atoms with Crippen molar-refractivity contribution in [2.75, 3.05) is 11.9 Å². The van der Waals surface area contributed by atoms with E-state index in [1.807, 2.05) is 0 Å². The monoisotopic (exact) mass is 383 g/mol. The number of hydrogen-bond acceptors (Lipinski definition) is 6. The molecule has 1 N–H and O–H groups in total. The molecule has 0 saturated heterocycles. The lowest BCUT2D eigenvalue weighted by atomic mass is 10.2. The normalized spacial score (nSPS) is 10.7. The maximum atomic E-state index is 13.2. The number of ether oxygens (including phenoxy) is 1. The number of rotatable bonds is 4. The summed E-state index contributed by atoms with van der Waals surface area (Å²) in [6.07, 6.45) is 0. The molecule has 128 valence electrons. The van der Waals surface area contributed by atoms with Crippen molar-refractivity contribution in [1.82, 2.24) is 8.75 Å². The van der Waals surface area contributed by atoms with Crippen LogP contribution in [0.4, 0.5) is 14.5 Å². The molecule has 1 aromatic heterocycles. The minimum Gasteiger partial charge on any atom is -0.452 e. The lowest BCUT2D eigenvalue weighted by Gasteiger charge is -2.08. The van der Waals surface area contributed by atoms with Gasteiger partial charge in [0.25, 0.3) is 5.91 Å². The molecular formula is C15H8ClF2N3O3S. The third-order valence-electron chi connectivity index (χ3n) is 3.12. The minimum atomic E-state index is -1.25. The van der Waals surface area contributed by atoms with Crippen molar-refractivity contribution in [3.63, 3.8) is 0 Å². The van der Waals surface area contributed by atoms with Gasteiger partial charge in [-0.15, -0.1) is 0 Å². The van der Waals surface area contributed by atoms with E-state index in [0.29, 0.717) is 28.9 Å². The van der Waals surface area contributed by atoms with Crippen molar-refractivity contribution in [2.45, 2.75) is 0 Å². The van der Waals surface area contributed by atoms with Gasteiger partial charge in [-0.1, -0.05) is 17.7 Å². The standard InChI is InChI=1S/C15H8ClF2N3O3S/c16-8-5-10(18)9(17)4-7(8)15(23)24-6-13(22)19-11-2-1-3-12-14(11)21-25-20-12/h1-5H,6H2,(H,19,22). The van der Waals surface area contributed by atoms with Crippen LogP contribution in [0, 0.1) is 11.6 Å². The summed E-state index contributed by atoms with van der Waals surface area (Å²) >= 11 is 6.67.